The molecule has 0 unspecified atom stereocenters. The lowest BCUT2D eigenvalue weighted by Crippen LogP contribution is -2.02. The molecule has 2 rings (SSSR count). The molecule has 0 saturated heterocycles. The first-order valence-corrected chi connectivity index (χ1v) is 7.56. The number of aryl methyl sites for hydroxylation is 1. The normalized spacial score (nSPS) is 10.3. The largest absolute Gasteiger partial charge is 0.489 e. The molecular weight excluding hydrogens is 316 g/mol. The maximum atomic E-state index is 5.77. The summed E-state index contributed by atoms with van der Waals surface area (Å²) in [4.78, 5) is 4.36. The molecule has 106 valence electrons. The van der Waals surface area contributed by atoms with E-state index < -0.39 is 0 Å². The summed E-state index contributed by atoms with van der Waals surface area (Å²) < 4.78 is 6.86. The molecule has 1 aromatic carbocycles. The van der Waals surface area contributed by atoms with Crippen molar-refractivity contribution in [3.05, 3.63) is 52.1 Å². The molecule has 1 N–H and O–H groups in total. The van der Waals surface area contributed by atoms with Gasteiger partial charge in [-0.05, 0) is 43.2 Å². The fraction of sp³-hybridized carbons (Fsp3) is 0.312. The van der Waals surface area contributed by atoms with Gasteiger partial charge in [-0.3, -0.25) is 0 Å². The van der Waals surface area contributed by atoms with Crippen molar-refractivity contribution in [1.29, 1.82) is 0 Å². The Balaban J connectivity index is 1.91. The van der Waals surface area contributed by atoms with Crippen molar-refractivity contribution in [2.45, 2.75) is 26.9 Å². The zero-order chi connectivity index (χ0) is 14.4. The molecule has 0 amide bonds. The molecule has 0 aliphatic carbocycles. The molecule has 0 spiro atoms. The van der Waals surface area contributed by atoms with Gasteiger partial charge in [0.1, 0.15) is 18.2 Å². The molecule has 1 aromatic heterocycles. The molecule has 0 aliphatic rings. The highest BCUT2D eigenvalue weighted by Gasteiger charge is 2.00. The molecule has 0 atom stereocenters. The molecule has 0 saturated carbocycles. The van der Waals surface area contributed by atoms with Crippen LogP contribution in [0.2, 0.25) is 0 Å². The minimum Gasteiger partial charge on any atom is -0.489 e. The van der Waals surface area contributed by atoms with Crippen LogP contribution in [0.15, 0.2) is 41.0 Å². The third-order valence-electron chi connectivity index (χ3n) is 2.92. The average Bonchev–Trinajstić information content (AvgIpc) is 2.47. The van der Waals surface area contributed by atoms with E-state index in [1.807, 2.05) is 43.5 Å². The second-order valence-corrected chi connectivity index (χ2v) is 5.53. The van der Waals surface area contributed by atoms with Crippen LogP contribution in [0.4, 0.5) is 5.82 Å². The highest BCUT2D eigenvalue weighted by molar-refractivity contribution is 9.10. The van der Waals surface area contributed by atoms with Gasteiger partial charge < -0.3 is 10.1 Å². The van der Waals surface area contributed by atoms with E-state index in [1.54, 1.807) is 0 Å². The molecule has 0 fully saturated rings. The Morgan fingerprint density at radius 1 is 1.25 bits per heavy atom. The molecule has 4 heteroatoms. The van der Waals surface area contributed by atoms with Gasteiger partial charge in [0.05, 0.1) is 0 Å². The SMILES string of the molecule is CCCNc1ccc(COc2ccc(Br)c(C)c2)cn1. The van der Waals surface area contributed by atoms with Crippen molar-refractivity contribution in [3.63, 3.8) is 0 Å². The summed E-state index contributed by atoms with van der Waals surface area (Å²) in [5.41, 5.74) is 2.23. The number of nitrogens with one attached hydrogen (secondary N) is 1. The summed E-state index contributed by atoms with van der Waals surface area (Å²) >= 11 is 3.48. The molecular formula is C16H19BrN2O. The van der Waals surface area contributed by atoms with Crippen molar-refractivity contribution >= 4 is 21.7 Å². The zero-order valence-corrected chi connectivity index (χ0v) is 13.4. The number of hydrogen-bond donors (Lipinski definition) is 1. The van der Waals surface area contributed by atoms with Gasteiger partial charge in [0.25, 0.3) is 0 Å². The number of ether oxygens (including phenoxy) is 1. The standard InChI is InChI=1S/C16H19BrN2O/c1-3-8-18-16-7-4-13(10-19-16)11-20-14-5-6-15(17)12(2)9-14/h4-7,9-10H,3,8,11H2,1-2H3,(H,18,19). The second-order valence-electron chi connectivity index (χ2n) is 4.68. The van der Waals surface area contributed by atoms with E-state index in [9.17, 15) is 0 Å². The van der Waals surface area contributed by atoms with Crippen LogP contribution < -0.4 is 10.1 Å². The van der Waals surface area contributed by atoms with Crippen molar-refractivity contribution in [3.8, 4) is 5.75 Å². The summed E-state index contributed by atoms with van der Waals surface area (Å²) in [6, 6.07) is 10.0. The number of aromatic nitrogens is 1. The quantitative estimate of drug-likeness (QED) is 0.841. The van der Waals surface area contributed by atoms with Crippen molar-refractivity contribution < 1.29 is 4.74 Å². The van der Waals surface area contributed by atoms with Crippen molar-refractivity contribution in [1.82, 2.24) is 4.98 Å². The van der Waals surface area contributed by atoms with Gasteiger partial charge in [-0.1, -0.05) is 28.9 Å². The number of nitrogens with zero attached hydrogens (tertiary/aromatic N) is 1. The Bertz CT molecular complexity index is 555. The van der Waals surface area contributed by atoms with E-state index in [2.05, 4.69) is 33.2 Å². The Morgan fingerprint density at radius 2 is 2.10 bits per heavy atom. The fourth-order valence-corrected chi connectivity index (χ4v) is 1.99. The topological polar surface area (TPSA) is 34.1 Å². The maximum Gasteiger partial charge on any atom is 0.125 e. The molecule has 2 aromatic rings. The number of hydrogen-bond acceptors (Lipinski definition) is 3. The number of anilines is 1. The van der Waals surface area contributed by atoms with Crippen LogP contribution >= 0.6 is 15.9 Å². The molecule has 0 radical (unpaired) electrons. The average molecular weight is 335 g/mol. The highest BCUT2D eigenvalue weighted by Crippen LogP contribution is 2.22. The lowest BCUT2D eigenvalue weighted by Gasteiger charge is -2.09. The molecule has 1 heterocycles. The Hall–Kier alpha value is -1.55. The van der Waals surface area contributed by atoms with E-state index in [1.165, 1.54) is 5.56 Å². The molecule has 0 aliphatic heterocycles. The molecule has 0 bridgehead atoms. The minimum absolute atomic E-state index is 0.530. The van der Waals surface area contributed by atoms with Crippen LogP contribution in [0.1, 0.15) is 24.5 Å². The van der Waals surface area contributed by atoms with Crippen LogP contribution in [0, 0.1) is 6.92 Å². The summed E-state index contributed by atoms with van der Waals surface area (Å²) in [6.07, 6.45) is 2.94. The highest BCUT2D eigenvalue weighted by atomic mass is 79.9. The maximum absolute atomic E-state index is 5.77. The van der Waals surface area contributed by atoms with Crippen LogP contribution in [-0.4, -0.2) is 11.5 Å². The third kappa shape index (κ3) is 4.23. The van der Waals surface area contributed by atoms with Gasteiger partial charge >= 0.3 is 0 Å². The summed E-state index contributed by atoms with van der Waals surface area (Å²) in [5, 5.41) is 3.25. The lowest BCUT2D eigenvalue weighted by molar-refractivity contribution is 0.305. The van der Waals surface area contributed by atoms with E-state index in [4.69, 9.17) is 4.74 Å². The fourth-order valence-electron chi connectivity index (χ4n) is 1.74. The van der Waals surface area contributed by atoms with Crippen molar-refractivity contribution in [2.24, 2.45) is 0 Å². The van der Waals surface area contributed by atoms with Crippen LogP contribution in [0.25, 0.3) is 0 Å². The van der Waals surface area contributed by atoms with Gasteiger partial charge in [-0.15, -0.1) is 0 Å². The van der Waals surface area contributed by atoms with Crippen LogP contribution in [-0.2, 0) is 6.61 Å². The van der Waals surface area contributed by atoms with Crippen LogP contribution in [0.5, 0.6) is 5.75 Å². The van der Waals surface area contributed by atoms with E-state index in [-0.39, 0.29) is 0 Å². The first kappa shape index (κ1) is 14.9. The number of halogens is 1. The zero-order valence-electron chi connectivity index (χ0n) is 11.8. The first-order chi connectivity index (χ1) is 9.69. The molecule has 3 nitrogen and oxygen atoms in total. The predicted molar refractivity (Wildman–Crippen MR) is 86.2 cm³/mol. The summed E-state index contributed by atoms with van der Waals surface area (Å²) in [7, 11) is 0. The van der Waals surface area contributed by atoms with Gasteiger partial charge in [-0.2, -0.15) is 0 Å². The van der Waals surface area contributed by atoms with Gasteiger partial charge in [0.15, 0.2) is 0 Å². The summed E-state index contributed by atoms with van der Waals surface area (Å²) in [5.74, 6) is 1.79. The van der Waals surface area contributed by atoms with Crippen molar-refractivity contribution in [2.75, 3.05) is 11.9 Å². The van der Waals surface area contributed by atoms with E-state index in [0.717, 1.165) is 34.6 Å². The third-order valence-corrected chi connectivity index (χ3v) is 3.81. The number of benzene rings is 1. The Morgan fingerprint density at radius 3 is 2.75 bits per heavy atom. The van der Waals surface area contributed by atoms with E-state index >= 15 is 0 Å². The second kappa shape index (κ2) is 7.29. The monoisotopic (exact) mass is 334 g/mol. The number of rotatable bonds is 6. The lowest BCUT2D eigenvalue weighted by atomic mass is 10.2. The first-order valence-electron chi connectivity index (χ1n) is 6.77. The predicted octanol–water partition coefficient (Wildman–Crippen LogP) is 4.55. The van der Waals surface area contributed by atoms with Crippen LogP contribution in [0.3, 0.4) is 0 Å². The Labute approximate surface area is 128 Å². The summed E-state index contributed by atoms with van der Waals surface area (Å²) in [6.45, 7) is 5.66. The minimum atomic E-state index is 0.530. The molecule has 20 heavy (non-hydrogen) atoms. The van der Waals surface area contributed by atoms with Gasteiger partial charge in [-0.25, -0.2) is 4.98 Å². The van der Waals surface area contributed by atoms with E-state index in [0.29, 0.717) is 6.61 Å². The van der Waals surface area contributed by atoms with Gasteiger partial charge in [0, 0.05) is 22.8 Å². The smallest absolute Gasteiger partial charge is 0.125 e. The van der Waals surface area contributed by atoms with Gasteiger partial charge in [0.2, 0.25) is 0 Å². The Kier molecular flexibility index (Phi) is 5.41. The number of pyridine rings is 1.